The molecule has 0 bridgehead atoms. The standard InChI is InChI=1S/C15H17F3N4OS/c1-10-13(8-22(20-10)11-5-4-6-19-7-11)21(2)14(23)12(9-24-3)15(16,17)18/h4-8,12H,9H2,1-3H3. The third-order valence-electron chi connectivity index (χ3n) is 3.50. The van der Waals surface area contributed by atoms with E-state index < -0.39 is 18.0 Å². The molecule has 0 aliphatic rings. The number of carbonyl (C=O) groups is 1. The van der Waals surface area contributed by atoms with Crippen LogP contribution >= 0.6 is 11.8 Å². The summed E-state index contributed by atoms with van der Waals surface area (Å²) >= 11 is 0.987. The predicted molar refractivity (Wildman–Crippen MR) is 87.4 cm³/mol. The van der Waals surface area contributed by atoms with Crippen molar-refractivity contribution in [1.82, 2.24) is 14.8 Å². The van der Waals surface area contributed by atoms with Gasteiger partial charge in [-0.1, -0.05) is 0 Å². The zero-order chi connectivity index (χ0) is 17.9. The number of halogens is 3. The lowest BCUT2D eigenvalue weighted by Crippen LogP contribution is -2.42. The lowest BCUT2D eigenvalue weighted by atomic mass is 10.1. The Hall–Kier alpha value is -2.03. The molecule has 0 fully saturated rings. The highest BCUT2D eigenvalue weighted by Gasteiger charge is 2.46. The Balaban J connectivity index is 2.31. The summed E-state index contributed by atoms with van der Waals surface area (Å²) in [6.45, 7) is 1.64. The molecule has 0 spiro atoms. The van der Waals surface area contributed by atoms with Crippen molar-refractivity contribution in [2.75, 3.05) is 24.0 Å². The van der Waals surface area contributed by atoms with Crippen LogP contribution in [0.15, 0.2) is 30.7 Å². The first kappa shape index (κ1) is 18.3. The van der Waals surface area contributed by atoms with E-state index in [1.807, 2.05) is 0 Å². The van der Waals surface area contributed by atoms with Crippen molar-refractivity contribution in [3.05, 3.63) is 36.4 Å². The number of alkyl halides is 3. The van der Waals surface area contributed by atoms with E-state index in [1.165, 1.54) is 24.2 Å². The minimum atomic E-state index is -4.58. The maximum Gasteiger partial charge on any atom is 0.401 e. The van der Waals surface area contributed by atoms with Crippen LogP contribution in [0.2, 0.25) is 0 Å². The first-order valence-corrected chi connectivity index (χ1v) is 8.45. The highest BCUT2D eigenvalue weighted by Crippen LogP contribution is 2.32. The van der Waals surface area contributed by atoms with Crippen molar-refractivity contribution in [1.29, 1.82) is 0 Å². The van der Waals surface area contributed by atoms with E-state index in [2.05, 4.69) is 10.1 Å². The molecule has 2 aromatic rings. The minimum Gasteiger partial charge on any atom is -0.312 e. The first-order valence-electron chi connectivity index (χ1n) is 7.05. The molecule has 0 aromatic carbocycles. The Morgan fingerprint density at radius 1 is 1.46 bits per heavy atom. The fraction of sp³-hybridized carbons (Fsp3) is 0.400. The molecule has 9 heteroatoms. The molecular formula is C15H17F3N4OS. The molecule has 2 rings (SSSR count). The summed E-state index contributed by atoms with van der Waals surface area (Å²) in [5.41, 5.74) is 1.45. The molecule has 0 saturated carbocycles. The van der Waals surface area contributed by atoms with Crippen molar-refractivity contribution in [3.8, 4) is 5.69 Å². The number of aryl methyl sites for hydroxylation is 1. The highest BCUT2D eigenvalue weighted by atomic mass is 32.2. The van der Waals surface area contributed by atoms with Gasteiger partial charge in [-0.05, 0) is 25.3 Å². The van der Waals surface area contributed by atoms with Gasteiger partial charge >= 0.3 is 6.18 Å². The normalized spacial score (nSPS) is 12.9. The zero-order valence-electron chi connectivity index (χ0n) is 13.4. The van der Waals surface area contributed by atoms with Crippen molar-refractivity contribution < 1.29 is 18.0 Å². The van der Waals surface area contributed by atoms with E-state index in [0.29, 0.717) is 17.1 Å². The van der Waals surface area contributed by atoms with Gasteiger partial charge in [0, 0.05) is 19.0 Å². The molecule has 2 aromatic heterocycles. The largest absolute Gasteiger partial charge is 0.401 e. The maximum atomic E-state index is 13.1. The number of rotatable bonds is 5. The van der Waals surface area contributed by atoms with Crippen LogP contribution in [0.5, 0.6) is 0 Å². The molecule has 1 atom stereocenters. The Kier molecular flexibility index (Phi) is 5.53. The maximum absolute atomic E-state index is 13.1. The molecule has 0 aliphatic carbocycles. The number of thioether (sulfide) groups is 1. The van der Waals surface area contributed by atoms with Crippen LogP contribution in [0.1, 0.15) is 5.69 Å². The van der Waals surface area contributed by atoms with Gasteiger partial charge in [0.05, 0.1) is 29.5 Å². The Morgan fingerprint density at radius 3 is 2.71 bits per heavy atom. The van der Waals surface area contributed by atoms with Crippen LogP contribution in [0.3, 0.4) is 0 Å². The third kappa shape index (κ3) is 3.89. The van der Waals surface area contributed by atoms with E-state index in [9.17, 15) is 18.0 Å². The van der Waals surface area contributed by atoms with Gasteiger partial charge in [-0.25, -0.2) is 4.68 Å². The van der Waals surface area contributed by atoms with Crippen LogP contribution < -0.4 is 4.90 Å². The zero-order valence-corrected chi connectivity index (χ0v) is 14.2. The summed E-state index contributed by atoms with van der Waals surface area (Å²) < 4.78 is 40.8. The van der Waals surface area contributed by atoms with Gasteiger partial charge in [0.2, 0.25) is 5.91 Å². The highest BCUT2D eigenvalue weighted by molar-refractivity contribution is 7.98. The molecule has 130 valence electrons. The summed E-state index contributed by atoms with van der Waals surface area (Å²) in [4.78, 5) is 17.3. The first-order chi connectivity index (χ1) is 11.3. The van der Waals surface area contributed by atoms with Crippen LogP contribution in [0.4, 0.5) is 18.9 Å². The van der Waals surface area contributed by atoms with E-state index >= 15 is 0 Å². The van der Waals surface area contributed by atoms with E-state index in [4.69, 9.17) is 0 Å². The van der Waals surface area contributed by atoms with E-state index in [1.54, 1.807) is 31.5 Å². The number of amides is 1. The van der Waals surface area contributed by atoms with Gasteiger partial charge in [-0.15, -0.1) is 0 Å². The molecule has 0 radical (unpaired) electrons. The molecule has 0 N–H and O–H groups in total. The van der Waals surface area contributed by atoms with Crippen LogP contribution in [0, 0.1) is 12.8 Å². The average molecular weight is 358 g/mol. The van der Waals surface area contributed by atoms with Gasteiger partial charge in [-0.2, -0.15) is 30.0 Å². The smallest absolute Gasteiger partial charge is 0.312 e. The van der Waals surface area contributed by atoms with Crippen LogP contribution in [0.25, 0.3) is 5.69 Å². The second kappa shape index (κ2) is 7.25. The molecule has 0 saturated heterocycles. The third-order valence-corrected chi connectivity index (χ3v) is 4.17. The lowest BCUT2D eigenvalue weighted by molar-refractivity contribution is -0.175. The van der Waals surface area contributed by atoms with Crippen molar-refractivity contribution >= 4 is 23.4 Å². The molecule has 2 heterocycles. The summed E-state index contributed by atoms with van der Waals surface area (Å²) in [6, 6.07) is 3.48. The summed E-state index contributed by atoms with van der Waals surface area (Å²) in [5.74, 6) is -3.35. The fourth-order valence-electron chi connectivity index (χ4n) is 2.23. The number of carbonyl (C=O) groups excluding carboxylic acids is 1. The number of hydrogen-bond donors (Lipinski definition) is 0. The van der Waals surface area contributed by atoms with Gasteiger partial charge < -0.3 is 4.90 Å². The summed E-state index contributed by atoms with van der Waals surface area (Å²) in [7, 11) is 1.33. The predicted octanol–water partition coefficient (Wildman–Crippen LogP) is 3.08. The molecule has 24 heavy (non-hydrogen) atoms. The molecule has 1 amide bonds. The number of hydrogen-bond acceptors (Lipinski definition) is 4. The number of pyridine rings is 1. The quantitative estimate of drug-likeness (QED) is 0.824. The number of aromatic nitrogens is 3. The lowest BCUT2D eigenvalue weighted by Gasteiger charge is -2.24. The minimum absolute atomic E-state index is 0.317. The molecular weight excluding hydrogens is 341 g/mol. The van der Waals surface area contributed by atoms with Crippen molar-refractivity contribution in [2.45, 2.75) is 13.1 Å². The summed E-state index contributed by atoms with van der Waals surface area (Å²) in [5, 5.41) is 4.25. The second-order valence-corrected chi connectivity index (χ2v) is 6.11. The van der Waals surface area contributed by atoms with Crippen LogP contribution in [-0.2, 0) is 4.79 Å². The molecule has 0 aliphatic heterocycles. The Bertz CT molecular complexity index is 702. The van der Waals surface area contributed by atoms with Gasteiger partial charge in [0.15, 0.2) is 0 Å². The molecule has 5 nitrogen and oxygen atoms in total. The molecule has 1 unspecified atom stereocenters. The monoisotopic (exact) mass is 358 g/mol. The number of nitrogens with zero attached hydrogens (tertiary/aromatic N) is 4. The fourth-order valence-corrected chi connectivity index (χ4v) is 2.89. The Labute approximate surface area is 141 Å². The van der Waals surface area contributed by atoms with Crippen molar-refractivity contribution in [3.63, 3.8) is 0 Å². The second-order valence-electron chi connectivity index (χ2n) is 5.20. The topological polar surface area (TPSA) is 51.0 Å². The number of anilines is 1. The SMILES string of the molecule is CSCC(C(=O)N(C)c1cn(-c2cccnc2)nc1C)C(F)(F)F. The summed E-state index contributed by atoms with van der Waals surface area (Å²) in [6.07, 6.45) is 1.66. The van der Waals surface area contributed by atoms with Crippen molar-refractivity contribution in [2.24, 2.45) is 5.92 Å². The Morgan fingerprint density at radius 2 is 2.17 bits per heavy atom. The van der Waals surface area contributed by atoms with E-state index in [0.717, 1.165) is 16.7 Å². The van der Waals surface area contributed by atoms with E-state index in [-0.39, 0.29) is 5.75 Å². The van der Waals surface area contributed by atoms with Gasteiger partial charge in [-0.3, -0.25) is 9.78 Å². The van der Waals surface area contributed by atoms with Gasteiger partial charge in [0.25, 0.3) is 0 Å². The van der Waals surface area contributed by atoms with Gasteiger partial charge in [0.1, 0.15) is 5.92 Å². The van der Waals surface area contributed by atoms with Crippen LogP contribution in [-0.4, -0.2) is 45.9 Å². The average Bonchev–Trinajstić information content (AvgIpc) is 2.93.